The molecule has 0 aliphatic rings. The summed E-state index contributed by atoms with van der Waals surface area (Å²) in [6, 6.07) is 12.3. The predicted octanol–water partition coefficient (Wildman–Crippen LogP) is 4.44. The highest BCUT2D eigenvalue weighted by Crippen LogP contribution is 2.18. The van der Waals surface area contributed by atoms with E-state index in [1.54, 1.807) is 36.4 Å². The SMILES string of the molecule is CC[C@H](C(=O)NCC(C)C)N(Cc1ccc(Cl)cc1)C(=O)COc1ccccc1F. The molecule has 0 aliphatic heterocycles. The van der Waals surface area contributed by atoms with Crippen molar-refractivity contribution in [3.8, 4) is 5.75 Å². The summed E-state index contributed by atoms with van der Waals surface area (Å²) in [4.78, 5) is 27.3. The fourth-order valence-corrected chi connectivity index (χ4v) is 3.04. The smallest absolute Gasteiger partial charge is 0.261 e. The zero-order valence-electron chi connectivity index (χ0n) is 17.5. The molecule has 0 heterocycles. The van der Waals surface area contributed by atoms with E-state index < -0.39 is 17.8 Å². The van der Waals surface area contributed by atoms with Crippen LogP contribution < -0.4 is 10.1 Å². The van der Waals surface area contributed by atoms with Crippen molar-refractivity contribution in [3.05, 3.63) is 64.9 Å². The molecular weight excluding hydrogens is 407 g/mol. The molecule has 2 aromatic carbocycles. The number of para-hydroxylation sites is 1. The Morgan fingerprint density at radius 1 is 1.13 bits per heavy atom. The standard InChI is InChI=1S/C23H28ClFN2O3/c1-4-20(23(29)26-13-16(2)3)27(14-17-9-11-18(24)12-10-17)22(28)15-30-21-8-6-5-7-19(21)25/h5-12,16,20H,4,13-15H2,1-3H3,(H,26,29)/t20-/m1/s1. The van der Waals surface area contributed by atoms with Crippen molar-refractivity contribution in [1.82, 2.24) is 10.2 Å². The molecule has 5 nitrogen and oxygen atoms in total. The van der Waals surface area contributed by atoms with E-state index in [0.717, 1.165) is 5.56 Å². The number of hydrogen-bond acceptors (Lipinski definition) is 3. The summed E-state index contributed by atoms with van der Waals surface area (Å²) in [6.45, 7) is 6.20. The Kier molecular flexibility index (Phi) is 9.12. The van der Waals surface area contributed by atoms with Crippen molar-refractivity contribution in [2.24, 2.45) is 5.92 Å². The highest BCUT2D eigenvalue weighted by atomic mass is 35.5. The van der Waals surface area contributed by atoms with Gasteiger partial charge in [-0.3, -0.25) is 9.59 Å². The molecule has 0 aromatic heterocycles. The van der Waals surface area contributed by atoms with Crippen LogP contribution in [-0.2, 0) is 16.1 Å². The summed E-state index contributed by atoms with van der Waals surface area (Å²) in [7, 11) is 0. The molecule has 0 fully saturated rings. The van der Waals surface area contributed by atoms with Crippen molar-refractivity contribution in [2.75, 3.05) is 13.2 Å². The largest absolute Gasteiger partial charge is 0.481 e. The molecule has 2 aromatic rings. The van der Waals surface area contributed by atoms with Crippen LogP contribution in [0.15, 0.2) is 48.5 Å². The molecule has 2 rings (SSSR count). The van der Waals surface area contributed by atoms with Gasteiger partial charge in [0, 0.05) is 18.1 Å². The number of hydrogen-bond donors (Lipinski definition) is 1. The highest BCUT2D eigenvalue weighted by molar-refractivity contribution is 6.30. The van der Waals surface area contributed by atoms with Gasteiger partial charge in [-0.25, -0.2) is 4.39 Å². The van der Waals surface area contributed by atoms with Crippen LogP contribution in [0.5, 0.6) is 5.75 Å². The van der Waals surface area contributed by atoms with Crippen LogP contribution in [-0.4, -0.2) is 35.9 Å². The molecule has 0 saturated carbocycles. The summed E-state index contributed by atoms with van der Waals surface area (Å²) in [5.41, 5.74) is 0.828. The fourth-order valence-electron chi connectivity index (χ4n) is 2.91. The summed E-state index contributed by atoms with van der Waals surface area (Å²) in [5, 5.41) is 3.48. The third-order valence-electron chi connectivity index (χ3n) is 4.52. The Bertz CT molecular complexity index is 843. The third-order valence-corrected chi connectivity index (χ3v) is 4.78. The summed E-state index contributed by atoms with van der Waals surface area (Å²) < 4.78 is 19.2. The van der Waals surface area contributed by atoms with Gasteiger partial charge in [0.15, 0.2) is 18.2 Å². The number of amides is 2. The summed E-state index contributed by atoms with van der Waals surface area (Å²) in [6.07, 6.45) is 0.433. The summed E-state index contributed by atoms with van der Waals surface area (Å²) in [5.74, 6) is -0.888. The second-order valence-corrected chi connectivity index (χ2v) is 7.87. The van der Waals surface area contributed by atoms with Crippen LogP contribution in [0, 0.1) is 11.7 Å². The van der Waals surface area contributed by atoms with Crippen molar-refractivity contribution in [3.63, 3.8) is 0 Å². The zero-order valence-corrected chi connectivity index (χ0v) is 18.3. The van der Waals surface area contributed by atoms with Crippen LogP contribution in [0.2, 0.25) is 5.02 Å². The van der Waals surface area contributed by atoms with Crippen LogP contribution >= 0.6 is 11.6 Å². The van der Waals surface area contributed by atoms with E-state index in [-0.39, 0.29) is 30.7 Å². The number of carbonyl (C=O) groups is 2. The van der Waals surface area contributed by atoms with Gasteiger partial charge in [-0.2, -0.15) is 0 Å². The molecule has 1 N–H and O–H groups in total. The Morgan fingerprint density at radius 3 is 2.40 bits per heavy atom. The first kappa shape index (κ1) is 23.7. The van der Waals surface area contributed by atoms with Crippen LogP contribution in [0.25, 0.3) is 0 Å². The number of halogens is 2. The van der Waals surface area contributed by atoms with Crippen molar-refractivity contribution >= 4 is 23.4 Å². The first-order valence-corrected chi connectivity index (χ1v) is 10.4. The number of nitrogens with zero attached hydrogens (tertiary/aromatic N) is 1. The van der Waals surface area contributed by atoms with Crippen molar-refractivity contribution in [2.45, 2.75) is 39.8 Å². The molecule has 162 valence electrons. The molecule has 0 aliphatic carbocycles. The Morgan fingerprint density at radius 2 is 1.80 bits per heavy atom. The Balaban J connectivity index is 2.19. The van der Waals surface area contributed by atoms with E-state index in [1.807, 2.05) is 20.8 Å². The van der Waals surface area contributed by atoms with Gasteiger partial charge < -0.3 is 15.0 Å². The van der Waals surface area contributed by atoms with Crippen LogP contribution in [0.4, 0.5) is 4.39 Å². The summed E-state index contributed by atoms with van der Waals surface area (Å²) >= 11 is 5.95. The lowest BCUT2D eigenvalue weighted by atomic mass is 10.1. The van der Waals surface area contributed by atoms with Gasteiger partial charge >= 0.3 is 0 Å². The van der Waals surface area contributed by atoms with Gasteiger partial charge in [0.1, 0.15) is 6.04 Å². The minimum Gasteiger partial charge on any atom is -0.481 e. The van der Waals surface area contributed by atoms with Crippen molar-refractivity contribution in [1.29, 1.82) is 0 Å². The molecule has 1 atom stereocenters. The molecule has 0 bridgehead atoms. The average Bonchev–Trinajstić information content (AvgIpc) is 2.72. The van der Waals surface area contributed by atoms with Gasteiger partial charge in [0.05, 0.1) is 0 Å². The van der Waals surface area contributed by atoms with Gasteiger partial charge in [-0.05, 0) is 42.2 Å². The van der Waals surface area contributed by atoms with E-state index in [0.29, 0.717) is 18.0 Å². The van der Waals surface area contributed by atoms with E-state index in [2.05, 4.69) is 5.32 Å². The molecule has 0 unspecified atom stereocenters. The highest BCUT2D eigenvalue weighted by Gasteiger charge is 2.29. The first-order valence-electron chi connectivity index (χ1n) is 10.0. The Labute approximate surface area is 182 Å². The lowest BCUT2D eigenvalue weighted by Crippen LogP contribution is -2.50. The molecule has 0 spiro atoms. The third kappa shape index (κ3) is 7.02. The lowest BCUT2D eigenvalue weighted by molar-refractivity contribution is -0.143. The first-order chi connectivity index (χ1) is 14.3. The maximum atomic E-state index is 13.8. The van der Waals surface area contributed by atoms with E-state index in [4.69, 9.17) is 16.3 Å². The topological polar surface area (TPSA) is 58.6 Å². The number of nitrogens with one attached hydrogen (secondary N) is 1. The van der Waals surface area contributed by atoms with Crippen LogP contribution in [0.3, 0.4) is 0 Å². The van der Waals surface area contributed by atoms with Crippen molar-refractivity contribution < 1.29 is 18.7 Å². The predicted molar refractivity (Wildman–Crippen MR) is 116 cm³/mol. The lowest BCUT2D eigenvalue weighted by Gasteiger charge is -2.30. The monoisotopic (exact) mass is 434 g/mol. The normalized spacial score (nSPS) is 11.8. The molecule has 7 heteroatoms. The number of rotatable bonds is 10. The zero-order chi connectivity index (χ0) is 22.1. The molecule has 2 amide bonds. The van der Waals surface area contributed by atoms with E-state index >= 15 is 0 Å². The van der Waals surface area contributed by atoms with Gasteiger partial charge in [-0.15, -0.1) is 0 Å². The minimum atomic E-state index is -0.670. The van der Waals surface area contributed by atoms with Gasteiger partial charge in [-0.1, -0.05) is 56.6 Å². The van der Waals surface area contributed by atoms with E-state index in [1.165, 1.54) is 17.0 Å². The fraction of sp³-hybridized carbons (Fsp3) is 0.391. The number of carbonyl (C=O) groups excluding carboxylic acids is 2. The second kappa shape index (κ2) is 11.6. The number of ether oxygens (including phenoxy) is 1. The number of benzene rings is 2. The maximum Gasteiger partial charge on any atom is 0.261 e. The average molecular weight is 435 g/mol. The van der Waals surface area contributed by atoms with E-state index in [9.17, 15) is 14.0 Å². The molecule has 30 heavy (non-hydrogen) atoms. The molecule has 0 saturated heterocycles. The van der Waals surface area contributed by atoms with Gasteiger partial charge in [0.25, 0.3) is 5.91 Å². The quantitative estimate of drug-likeness (QED) is 0.601. The van der Waals surface area contributed by atoms with Crippen LogP contribution in [0.1, 0.15) is 32.8 Å². The Hall–Kier alpha value is -2.60. The maximum absolute atomic E-state index is 13.8. The van der Waals surface area contributed by atoms with Gasteiger partial charge in [0.2, 0.25) is 5.91 Å². The second-order valence-electron chi connectivity index (χ2n) is 7.43. The minimum absolute atomic E-state index is 0.00500. The molecule has 0 radical (unpaired) electrons. The molecular formula is C23H28ClFN2O3.